The van der Waals surface area contributed by atoms with Crippen LogP contribution in [0.15, 0.2) is 22.8 Å². The van der Waals surface area contributed by atoms with E-state index in [2.05, 4.69) is 20.9 Å². The second-order valence-corrected chi connectivity index (χ2v) is 5.20. The molecule has 2 aliphatic carbocycles. The molecule has 74 valence electrons. The molecule has 14 heavy (non-hydrogen) atoms. The largest absolute Gasteiger partial charge is 0.474 e. The molecule has 0 spiro atoms. The van der Waals surface area contributed by atoms with E-state index in [0.29, 0.717) is 6.10 Å². The predicted molar refractivity (Wildman–Crippen MR) is 57.2 cm³/mol. The van der Waals surface area contributed by atoms with Crippen molar-refractivity contribution >= 4 is 15.9 Å². The topological polar surface area (TPSA) is 22.1 Å². The highest BCUT2D eigenvalue weighted by atomic mass is 79.9. The summed E-state index contributed by atoms with van der Waals surface area (Å²) >= 11 is 3.36. The molecule has 0 N–H and O–H groups in total. The lowest BCUT2D eigenvalue weighted by atomic mass is 10.2. The Labute approximate surface area is 91.8 Å². The zero-order valence-corrected chi connectivity index (χ0v) is 9.40. The van der Waals surface area contributed by atoms with Crippen LogP contribution in [0.1, 0.15) is 19.3 Å². The molecule has 0 aromatic carbocycles. The second-order valence-electron chi connectivity index (χ2n) is 4.28. The number of pyridine rings is 1. The fourth-order valence-corrected chi connectivity index (χ4v) is 2.59. The van der Waals surface area contributed by atoms with Gasteiger partial charge in [0.15, 0.2) is 0 Å². The van der Waals surface area contributed by atoms with Gasteiger partial charge in [0.2, 0.25) is 5.88 Å². The van der Waals surface area contributed by atoms with E-state index in [-0.39, 0.29) is 0 Å². The number of fused-ring (bicyclic) bond motifs is 1. The van der Waals surface area contributed by atoms with Crippen molar-refractivity contribution in [3.63, 3.8) is 0 Å². The monoisotopic (exact) mass is 253 g/mol. The van der Waals surface area contributed by atoms with Gasteiger partial charge in [0, 0.05) is 16.7 Å². The molecule has 3 atom stereocenters. The zero-order chi connectivity index (χ0) is 9.54. The maximum atomic E-state index is 5.80. The van der Waals surface area contributed by atoms with E-state index >= 15 is 0 Å². The standard InChI is InChI=1S/C11H12BrNO/c12-9-1-2-11(13-6-9)14-10-4-7-3-8(7)5-10/h1-2,6-8,10H,3-5H2/t7-,8+,10+. The molecule has 0 radical (unpaired) electrons. The SMILES string of the molecule is Brc1ccc(O[C@@H]2C[C@@H]3C[C@@H]3C2)nc1. The predicted octanol–water partition coefficient (Wildman–Crippen LogP) is 3.02. The number of hydrogen-bond acceptors (Lipinski definition) is 2. The van der Waals surface area contributed by atoms with E-state index in [0.717, 1.165) is 22.2 Å². The summed E-state index contributed by atoms with van der Waals surface area (Å²) in [5, 5.41) is 0. The summed E-state index contributed by atoms with van der Waals surface area (Å²) in [5.74, 6) is 2.70. The van der Waals surface area contributed by atoms with Crippen LogP contribution in [0.25, 0.3) is 0 Å². The lowest BCUT2D eigenvalue weighted by Crippen LogP contribution is -2.14. The normalized spacial score (nSPS) is 33.9. The third-order valence-electron chi connectivity index (χ3n) is 3.19. The molecule has 2 saturated carbocycles. The smallest absolute Gasteiger partial charge is 0.213 e. The third-order valence-corrected chi connectivity index (χ3v) is 3.66. The fourth-order valence-electron chi connectivity index (χ4n) is 2.36. The van der Waals surface area contributed by atoms with Gasteiger partial charge in [0.25, 0.3) is 0 Å². The molecule has 2 aliphatic rings. The van der Waals surface area contributed by atoms with Gasteiger partial charge in [-0.2, -0.15) is 0 Å². The van der Waals surface area contributed by atoms with Crippen LogP contribution in [0.5, 0.6) is 5.88 Å². The molecule has 1 heterocycles. The van der Waals surface area contributed by atoms with Gasteiger partial charge in [-0.1, -0.05) is 0 Å². The molecule has 0 unspecified atom stereocenters. The minimum absolute atomic E-state index is 0.424. The quantitative estimate of drug-likeness (QED) is 0.809. The first kappa shape index (κ1) is 8.72. The summed E-state index contributed by atoms with van der Waals surface area (Å²) in [5.41, 5.74) is 0. The number of hydrogen-bond donors (Lipinski definition) is 0. The molecule has 3 rings (SSSR count). The summed E-state index contributed by atoms with van der Waals surface area (Å²) in [6.45, 7) is 0. The first-order valence-electron chi connectivity index (χ1n) is 5.09. The summed E-state index contributed by atoms with van der Waals surface area (Å²) in [6.07, 6.45) is 6.12. The molecule has 0 bridgehead atoms. The van der Waals surface area contributed by atoms with Crippen LogP contribution in [0.2, 0.25) is 0 Å². The summed E-state index contributed by atoms with van der Waals surface area (Å²) in [7, 11) is 0. The molecule has 1 aromatic rings. The van der Waals surface area contributed by atoms with E-state index in [9.17, 15) is 0 Å². The van der Waals surface area contributed by atoms with Crippen LogP contribution in [-0.2, 0) is 0 Å². The van der Waals surface area contributed by atoms with Gasteiger partial charge >= 0.3 is 0 Å². The van der Waals surface area contributed by atoms with E-state index in [1.807, 2.05) is 12.1 Å². The summed E-state index contributed by atoms with van der Waals surface area (Å²) in [4.78, 5) is 4.21. The molecular formula is C11H12BrNO. The van der Waals surface area contributed by atoms with Crippen molar-refractivity contribution in [2.45, 2.75) is 25.4 Å². The molecule has 1 aromatic heterocycles. The number of rotatable bonds is 2. The van der Waals surface area contributed by atoms with Crippen LogP contribution in [-0.4, -0.2) is 11.1 Å². The van der Waals surface area contributed by atoms with Gasteiger partial charge in [-0.3, -0.25) is 0 Å². The number of ether oxygens (including phenoxy) is 1. The van der Waals surface area contributed by atoms with Crippen molar-refractivity contribution in [2.75, 3.05) is 0 Å². The van der Waals surface area contributed by atoms with Crippen LogP contribution in [0, 0.1) is 11.8 Å². The van der Waals surface area contributed by atoms with Gasteiger partial charge in [-0.15, -0.1) is 0 Å². The van der Waals surface area contributed by atoms with Crippen molar-refractivity contribution in [2.24, 2.45) is 11.8 Å². The fraction of sp³-hybridized carbons (Fsp3) is 0.545. The Hall–Kier alpha value is -0.570. The zero-order valence-electron chi connectivity index (χ0n) is 7.82. The maximum absolute atomic E-state index is 5.80. The van der Waals surface area contributed by atoms with Gasteiger partial charge in [-0.05, 0) is 53.1 Å². The van der Waals surface area contributed by atoms with Gasteiger partial charge in [0.1, 0.15) is 6.10 Å². The van der Waals surface area contributed by atoms with Crippen molar-refractivity contribution in [1.29, 1.82) is 0 Å². The van der Waals surface area contributed by atoms with Crippen molar-refractivity contribution in [1.82, 2.24) is 4.98 Å². The highest BCUT2D eigenvalue weighted by Gasteiger charge is 2.46. The maximum Gasteiger partial charge on any atom is 0.213 e. The Morgan fingerprint density at radius 1 is 1.21 bits per heavy atom. The average molecular weight is 254 g/mol. The first-order chi connectivity index (χ1) is 6.81. The minimum atomic E-state index is 0.424. The third kappa shape index (κ3) is 1.65. The summed E-state index contributed by atoms with van der Waals surface area (Å²) < 4.78 is 6.80. The molecular weight excluding hydrogens is 242 g/mol. The Balaban J connectivity index is 1.64. The number of aromatic nitrogens is 1. The molecule has 0 saturated heterocycles. The number of nitrogens with zero attached hydrogens (tertiary/aromatic N) is 1. The second kappa shape index (κ2) is 3.23. The summed E-state index contributed by atoms with van der Waals surface area (Å²) in [6, 6.07) is 3.89. The highest BCUT2D eigenvalue weighted by molar-refractivity contribution is 9.10. The average Bonchev–Trinajstić information content (AvgIpc) is 2.79. The highest BCUT2D eigenvalue weighted by Crippen LogP contribution is 2.52. The van der Waals surface area contributed by atoms with E-state index in [4.69, 9.17) is 4.74 Å². The van der Waals surface area contributed by atoms with E-state index < -0.39 is 0 Å². The lowest BCUT2D eigenvalue weighted by molar-refractivity contribution is 0.186. The van der Waals surface area contributed by atoms with Gasteiger partial charge in [0.05, 0.1) is 0 Å². The van der Waals surface area contributed by atoms with Crippen molar-refractivity contribution in [3.05, 3.63) is 22.8 Å². The van der Waals surface area contributed by atoms with Gasteiger partial charge < -0.3 is 4.74 Å². The van der Waals surface area contributed by atoms with Crippen molar-refractivity contribution < 1.29 is 4.74 Å². The number of halogens is 1. The lowest BCUT2D eigenvalue weighted by Gasteiger charge is -2.13. The van der Waals surface area contributed by atoms with Gasteiger partial charge in [-0.25, -0.2) is 4.98 Å². The Kier molecular flexibility index (Phi) is 2.01. The molecule has 0 amide bonds. The van der Waals surface area contributed by atoms with E-state index in [1.165, 1.54) is 19.3 Å². The first-order valence-corrected chi connectivity index (χ1v) is 5.89. The van der Waals surface area contributed by atoms with Crippen LogP contribution in [0.3, 0.4) is 0 Å². The van der Waals surface area contributed by atoms with E-state index in [1.54, 1.807) is 6.20 Å². The van der Waals surface area contributed by atoms with Crippen LogP contribution < -0.4 is 4.74 Å². The molecule has 2 nitrogen and oxygen atoms in total. The molecule has 3 heteroatoms. The molecule has 0 aliphatic heterocycles. The Morgan fingerprint density at radius 2 is 2.00 bits per heavy atom. The Morgan fingerprint density at radius 3 is 2.64 bits per heavy atom. The molecule has 2 fully saturated rings. The minimum Gasteiger partial charge on any atom is -0.474 e. The van der Waals surface area contributed by atoms with Crippen molar-refractivity contribution in [3.8, 4) is 5.88 Å². The van der Waals surface area contributed by atoms with Crippen LogP contribution in [0.4, 0.5) is 0 Å². The van der Waals surface area contributed by atoms with Crippen LogP contribution >= 0.6 is 15.9 Å². The Bertz CT molecular complexity index is 328.